The molecule has 0 radical (unpaired) electrons. The molecule has 1 aliphatic rings. The molecule has 1 atom stereocenters. The summed E-state index contributed by atoms with van der Waals surface area (Å²) in [6.45, 7) is 2.88. The minimum Gasteiger partial charge on any atom is -0.376 e. The molecule has 2 aromatic rings. The number of aromatic nitrogens is 1. The van der Waals surface area contributed by atoms with Gasteiger partial charge >= 0.3 is 6.18 Å². The molecule has 1 N–H and O–H groups in total. The number of amides is 1. The molecule has 134 valence electrons. The summed E-state index contributed by atoms with van der Waals surface area (Å²) >= 11 is 1.17. The summed E-state index contributed by atoms with van der Waals surface area (Å²) in [7, 11) is 0. The Morgan fingerprint density at radius 1 is 1.36 bits per heavy atom. The lowest BCUT2D eigenvalue weighted by atomic mass is 10.1. The van der Waals surface area contributed by atoms with Crippen molar-refractivity contribution in [2.45, 2.75) is 32.0 Å². The largest absolute Gasteiger partial charge is 0.416 e. The molecule has 2 heterocycles. The fraction of sp³-hybridized carbons (Fsp3) is 0.412. The molecule has 1 aromatic heterocycles. The Kier molecular flexibility index (Phi) is 5.10. The Labute approximate surface area is 147 Å². The topological polar surface area (TPSA) is 51.2 Å². The van der Waals surface area contributed by atoms with E-state index in [4.69, 9.17) is 4.74 Å². The summed E-state index contributed by atoms with van der Waals surface area (Å²) in [6, 6.07) is 4.77. The van der Waals surface area contributed by atoms with E-state index in [1.54, 1.807) is 6.92 Å². The van der Waals surface area contributed by atoms with Crippen LogP contribution in [0.3, 0.4) is 0 Å². The third-order valence-corrected chi connectivity index (χ3v) is 5.18. The highest BCUT2D eigenvalue weighted by atomic mass is 32.1. The van der Waals surface area contributed by atoms with Crippen molar-refractivity contribution in [3.05, 3.63) is 40.4 Å². The molecule has 8 heteroatoms. The monoisotopic (exact) mass is 370 g/mol. The van der Waals surface area contributed by atoms with Crippen LogP contribution in [0.25, 0.3) is 10.6 Å². The number of nitrogens with zero attached hydrogens (tertiary/aromatic N) is 1. The number of aryl methyl sites for hydroxylation is 1. The smallest absolute Gasteiger partial charge is 0.376 e. The molecule has 1 amide bonds. The molecule has 0 bridgehead atoms. The third-order valence-electron chi connectivity index (χ3n) is 3.98. The SMILES string of the molecule is Cc1nc(-c2ccc(C(F)(F)F)cc2)sc1C(=O)NCC1CCCO1. The van der Waals surface area contributed by atoms with Crippen LogP contribution < -0.4 is 5.32 Å². The van der Waals surface area contributed by atoms with E-state index >= 15 is 0 Å². The highest BCUT2D eigenvalue weighted by molar-refractivity contribution is 7.17. The van der Waals surface area contributed by atoms with Crippen molar-refractivity contribution in [2.75, 3.05) is 13.2 Å². The molecule has 1 saturated heterocycles. The summed E-state index contributed by atoms with van der Waals surface area (Å²) in [5.41, 5.74) is 0.406. The second-order valence-electron chi connectivity index (χ2n) is 5.85. The summed E-state index contributed by atoms with van der Waals surface area (Å²) in [5.74, 6) is -0.233. The van der Waals surface area contributed by atoms with Gasteiger partial charge in [-0.05, 0) is 31.9 Å². The van der Waals surface area contributed by atoms with Gasteiger partial charge in [-0.3, -0.25) is 4.79 Å². The molecule has 1 aliphatic heterocycles. The first-order valence-electron chi connectivity index (χ1n) is 7.89. The van der Waals surface area contributed by atoms with E-state index in [-0.39, 0.29) is 12.0 Å². The normalized spacial score (nSPS) is 17.7. The summed E-state index contributed by atoms with van der Waals surface area (Å²) in [5, 5.41) is 3.35. The number of rotatable bonds is 4. The molecule has 25 heavy (non-hydrogen) atoms. The van der Waals surface area contributed by atoms with Crippen LogP contribution in [-0.4, -0.2) is 30.1 Å². The van der Waals surface area contributed by atoms with Gasteiger partial charge in [0.15, 0.2) is 0 Å². The lowest BCUT2D eigenvalue weighted by molar-refractivity contribution is -0.137. The number of nitrogens with one attached hydrogen (secondary N) is 1. The van der Waals surface area contributed by atoms with Crippen molar-refractivity contribution in [3.63, 3.8) is 0 Å². The zero-order valence-corrected chi connectivity index (χ0v) is 14.3. The van der Waals surface area contributed by atoms with Gasteiger partial charge in [-0.15, -0.1) is 11.3 Å². The van der Waals surface area contributed by atoms with Gasteiger partial charge in [0.25, 0.3) is 5.91 Å². The number of thiazole rings is 1. The van der Waals surface area contributed by atoms with Gasteiger partial charge < -0.3 is 10.1 Å². The number of hydrogen-bond donors (Lipinski definition) is 1. The number of carbonyl (C=O) groups is 1. The second-order valence-corrected chi connectivity index (χ2v) is 6.85. The van der Waals surface area contributed by atoms with Gasteiger partial charge in [-0.1, -0.05) is 12.1 Å². The van der Waals surface area contributed by atoms with Crippen LogP contribution in [0.2, 0.25) is 0 Å². The Balaban J connectivity index is 1.72. The number of hydrogen-bond acceptors (Lipinski definition) is 4. The average Bonchev–Trinajstić information content (AvgIpc) is 3.21. The predicted octanol–water partition coefficient (Wildman–Crippen LogP) is 4.05. The molecule has 4 nitrogen and oxygen atoms in total. The second kappa shape index (κ2) is 7.13. The minimum absolute atomic E-state index is 0.0477. The summed E-state index contributed by atoms with van der Waals surface area (Å²) in [6.07, 6.45) is -2.40. The molecular formula is C17H17F3N2O2S. The lowest BCUT2D eigenvalue weighted by Crippen LogP contribution is -2.31. The van der Waals surface area contributed by atoms with Gasteiger partial charge in [0, 0.05) is 18.7 Å². The fourth-order valence-corrected chi connectivity index (χ4v) is 3.61. The van der Waals surface area contributed by atoms with E-state index in [0.717, 1.165) is 31.6 Å². The van der Waals surface area contributed by atoms with Crippen molar-refractivity contribution >= 4 is 17.2 Å². The highest BCUT2D eigenvalue weighted by Crippen LogP contribution is 2.33. The molecule has 1 aromatic carbocycles. The van der Waals surface area contributed by atoms with Crippen LogP contribution in [-0.2, 0) is 10.9 Å². The van der Waals surface area contributed by atoms with Crippen molar-refractivity contribution in [1.82, 2.24) is 10.3 Å². The van der Waals surface area contributed by atoms with Crippen LogP contribution in [0.1, 0.15) is 33.8 Å². The van der Waals surface area contributed by atoms with Crippen LogP contribution in [0.15, 0.2) is 24.3 Å². The maximum atomic E-state index is 12.6. The van der Waals surface area contributed by atoms with Gasteiger partial charge in [0.2, 0.25) is 0 Å². The standard InChI is InChI=1S/C17H17F3N2O2S/c1-10-14(15(23)21-9-13-3-2-8-24-13)25-16(22-10)11-4-6-12(7-5-11)17(18,19)20/h4-7,13H,2-3,8-9H2,1H3,(H,21,23). The fourth-order valence-electron chi connectivity index (χ4n) is 2.62. The molecular weight excluding hydrogens is 353 g/mol. The van der Waals surface area contributed by atoms with Crippen LogP contribution in [0.4, 0.5) is 13.2 Å². The highest BCUT2D eigenvalue weighted by Gasteiger charge is 2.30. The molecule has 3 rings (SSSR count). The predicted molar refractivity (Wildman–Crippen MR) is 88.6 cm³/mol. The Morgan fingerprint density at radius 2 is 2.08 bits per heavy atom. The van der Waals surface area contributed by atoms with E-state index < -0.39 is 11.7 Å². The Hall–Kier alpha value is -1.93. The Bertz CT molecular complexity index is 750. The van der Waals surface area contributed by atoms with Crippen LogP contribution >= 0.6 is 11.3 Å². The molecule has 0 aliphatic carbocycles. The first-order chi connectivity index (χ1) is 11.8. The van der Waals surface area contributed by atoms with Crippen molar-refractivity contribution in [1.29, 1.82) is 0 Å². The number of halogens is 3. The zero-order chi connectivity index (χ0) is 18.0. The molecule has 0 spiro atoms. The third kappa shape index (κ3) is 4.19. The van der Waals surface area contributed by atoms with E-state index in [1.807, 2.05) is 0 Å². The lowest BCUT2D eigenvalue weighted by Gasteiger charge is -2.09. The van der Waals surface area contributed by atoms with Crippen LogP contribution in [0.5, 0.6) is 0 Å². The number of benzene rings is 1. The number of ether oxygens (including phenoxy) is 1. The van der Waals surface area contributed by atoms with Gasteiger partial charge in [0.05, 0.1) is 17.4 Å². The van der Waals surface area contributed by atoms with Crippen molar-refractivity contribution < 1.29 is 22.7 Å². The van der Waals surface area contributed by atoms with Crippen molar-refractivity contribution in [2.24, 2.45) is 0 Å². The molecule has 0 saturated carbocycles. The van der Waals surface area contributed by atoms with E-state index in [1.165, 1.54) is 23.5 Å². The van der Waals surface area contributed by atoms with Gasteiger partial charge in [0.1, 0.15) is 9.88 Å². The van der Waals surface area contributed by atoms with Gasteiger partial charge in [-0.25, -0.2) is 4.98 Å². The van der Waals surface area contributed by atoms with E-state index in [9.17, 15) is 18.0 Å². The maximum absolute atomic E-state index is 12.6. The zero-order valence-electron chi connectivity index (χ0n) is 13.5. The average molecular weight is 370 g/mol. The molecule has 1 unspecified atom stereocenters. The van der Waals surface area contributed by atoms with Crippen molar-refractivity contribution in [3.8, 4) is 10.6 Å². The molecule has 1 fully saturated rings. The minimum atomic E-state index is -4.37. The van der Waals surface area contributed by atoms with E-state index in [2.05, 4.69) is 10.3 Å². The van der Waals surface area contributed by atoms with E-state index in [0.29, 0.717) is 27.7 Å². The van der Waals surface area contributed by atoms with Crippen LogP contribution in [0, 0.1) is 6.92 Å². The maximum Gasteiger partial charge on any atom is 0.416 e. The van der Waals surface area contributed by atoms with Gasteiger partial charge in [-0.2, -0.15) is 13.2 Å². The Morgan fingerprint density at radius 3 is 2.68 bits per heavy atom. The number of carbonyl (C=O) groups excluding carboxylic acids is 1. The quantitative estimate of drug-likeness (QED) is 0.884. The number of alkyl halides is 3. The first-order valence-corrected chi connectivity index (χ1v) is 8.71. The summed E-state index contributed by atoms with van der Waals surface area (Å²) < 4.78 is 43.4. The first kappa shape index (κ1) is 17.9. The summed E-state index contributed by atoms with van der Waals surface area (Å²) in [4.78, 5) is 17.1.